The molecule has 7 heteroatoms. The van der Waals surface area contributed by atoms with Gasteiger partial charge in [-0.15, -0.1) is 10.2 Å². The van der Waals surface area contributed by atoms with Crippen molar-refractivity contribution in [3.05, 3.63) is 82.3 Å². The summed E-state index contributed by atoms with van der Waals surface area (Å²) in [6.45, 7) is 1.84. The molecular formula is C19H15N5OS. The molecule has 2 aromatic heterocycles. The summed E-state index contributed by atoms with van der Waals surface area (Å²) in [6, 6.07) is 19.2. The molecule has 6 nitrogen and oxygen atoms in total. The number of aromatic nitrogens is 4. The van der Waals surface area contributed by atoms with E-state index in [2.05, 4.69) is 20.3 Å². The molecule has 0 aliphatic rings. The largest absolute Gasteiger partial charge is 0.295 e. The molecule has 0 fully saturated rings. The van der Waals surface area contributed by atoms with Crippen LogP contribution in [-0.4, -0.2) is 26.2 Å². The van der Waals surface area contributed by atoms with Crippen LogP contribution in [0.2, 0.25) is 0 Å². The number of nitrogens with zero attached hydrogens (tertiary/aromatic N) is 4. The van der Waals surface area contributed by atoms with Gasteiger partial charge in [0.2, 0.25) is 5.13 Å². The monoisotopic (exact) mass is 361 g/mol. The van der Waals surface area contributed by atoms with E-state index in [0.29, 0.717) is 10.7 Å². The van der Waals surface area contributed by atoms with Gasteiger partial charge in [0.25, 0.3) is 5.56 Å². The molecule has 0 aliphatic heterocycles. The van der Waals surface area contributed by atoms with Gasteiger partial charge in [-0.3, -0.25) is 9.89 Å². The Kier molecular flexibility index (Phi) is 4.28. The Bertz CT molecular complexity index is 1110. The van der Waals surface area contributed by atoms with E-state index >= 15 is 0 Å². The first-order valence-electron chi connectivity index (χ1n) is 8.02. The number of aryl methyl sites for hydroxylation is 1. The predicted molar refractivity (Wildman–Crippen MR) is 104 cm³/mol. The van der Waals surface area contributed by atoms with E-state index in [1.54, 1.807) is 6.21 Å². The van der Waals surface area contributed by atoms with Gasteiger partial charge in [-0.25, -0.2) is 9.67 Å². The van der Waals surface area contributed by atoms with Crippen LogP contribution >= 0.6 is 11.3 Å². The number of hydrogen-bond acceptors (Lipinski definition) is 5. The minimum absolute atomic E-state index is 0.148. The fourth-order valence-electron chi connectivity index (χ4n) is 2.56. The Morgan fingerprint density at radius 3 is 2.46 bits per heavy atom. The van der Waals surface area contributed by atoms with E-state index in [4.69, 9.17) is 0 Å². The highest BCUT2D eigenvalue weighted by molar-refractivity contribution is 7.18. The molecule has 4 aromatic rings. The van der Waals surface area contributed by atoms with Crippen LogP contribution in [0.15, 0.2) is 70.5 Å². The van der Waals surface area contributed by atoms with Gasteiger partial charge in [0.1, 0.15) is 5.01 Å². The topological polar surface area (TPSA) is 75.9 Å². The second-order valence-electron chi connectivity index (χ2n) is 5.64. The maximum Gasteiger partial charge on any atom is 0.280 e. The summed E-state index contributed by atoms with van der Waals surface area (Å²) in [5, 5.41) is 12.6. The van der Waals surface area contributed by atoms with Gasteiger partial charge in [0.05, 0.1) is 11.3 Å². The lowest BCUT2D eigenvalue weighted by atomic mass is 10.2. The van der Waals surface area contributed by atoms with Crippen LogP contribution < -0.4 is 5.56 Å². The summed E-state index contributed by atoms with van der Waals surface area (Å²) in [5.74, 6) is 0. The molecule has 0 atom stereocenters. The Balaban J connectivity index is 1.63. The van der Waals surface area contributed by atoms with Crippen molar-refractivity contribution in [1.82, 2.24) is 20.0 Å². The zero-order valence-corrected chi connectivity index (χ0v) is 14.8. The smallest absolute Gasteiger partial charge is 0.280 e. The van der Waals surface area contributed by atoms with Crippen LogP contribution in [0.25, 0.3) is 16.3 Å². The van der Waals surface area contributed by atoms with Gasteiger partial charge in [-0.2, -0.15) is 0 Å². The highest BCUT2D eigenvalue weighted by atomic mass is 32.1. The number of H-pyrrole nitrogens is 1. The van der Waals surface area contributed by atoms with Crippen molar-refractivity contribution >= 4 is 22.7 Å². The Morgan fingerprint density at radius 1 is 1.04 bits per heavy atom. The molecule has 0 radical (unpaired) electrons. The summed E-state index contributed by atoms with van der Waals surface area (Å²) in [5.41, 5.74) is 2.88. The minimum atomic E-state index is -0.148. The summed E-state index contributed by atoms with van der Waals surface area (Å²) in [6.07, 6.45) is 1.54. The molecule has 0 unspecified atom stereocenters. The van der Waals surface area contributed by atoms with Crippen molar-refractivity contribution in [2.24, 2.45) is 4.99 Å². The number of hydrogen-bond donors (Lipinski definition) is 1. The van der Waals surface area contributed by atoms with E-state index in [1.165, 1.54) is 16.0 Å². The van der Waals surface area contributed by atoms with Gasteiger partial charge in [0.15, 0.2) is 0 Å². The maximum atomic E-state index is 12.6. The summed E-state index contributed by atoms with van der Waals surface area (Å²) < 4.78 is 1.51. The van der Waals surface area contributed by atoms with Crippen molar-refractivity contribution in [3.63, 3.8) is 0 Å². The molecule has 2 heterocycles. The van der Waals surface area contributed by atoms with Crippen LogP contribution in [0, 0.1) is 6.92 Å². The summed E-state index contributed by atoms with van der Waals surface area (Å²) >= 11 is 1.38. The van der Waals surface area contributed by atoms with E-state index in [9.17, 15) is 4.79 Å². The standard InChI is InChI=1S/C19H15N5OS/c1-13-16(18(25)24(23-13)15-10-6-3-7-11-15)12-20-19-22-21-17(26-19)14-8-4-2-5-9-14/h2-12,23H,1H3/b20-12+. The Morgan fingerprint density at radius 2 is 1.73 bits per heavy atom. The number of rotatable bonds is 4. The minimum Gasteiger partial charge on any atom is -0.295 e. The molecule has 128 valence electrons. The molecule has 0 bridgehead atoms. The molecule has 2 aromatic carbocycles. The van der Waals surface area contributed by atoms with Gasteiger partial charge in [-0.05, 0) is 19.1 Å². The maximum absolute atomic E-state index is 12.6. The number of aliphatic imine (C=N–C) groups is 1. The summed E-state index contributed by atoms with van der Waals surface area (Å²) in [7, 11) is 0. The first-order valence-corrected chi connectivity index (χ1v) is 8.84. The Hall–Kier alpha value is -3.32. The van der Waals surface area contributed by atoms with E-state index in [1.807, 2.05) is 67.6 Å². The van der Waals surface area contributed by atoms with Crippen LogP contribution in [0.4, 0.5) is 5.13 Å². The van der Waals surface area contributed by atoms with E-state index in [0.717, 1.165) is 22.0 Å². The molecule has 4 rings (SSSR count). The molecule has 1 N–H and O–H groups in total. The molecule has 0 amide bonds. The lowest BCUT2D eigenvalue weighted by Crippen LogP contribution is -2.17. The molecule has 0 spiro atoms. The second kappa shape index (κ2) is 6.89. The third-order valence-electron chi connectivity index (χ3n) is 3.87. The van der Waals surface area contributed by atoms with Crippen LogP contribution in [0.5, 0.6) is 0 Å². The Labute approximate surface area is 153 Å². The SMILES string of the molecule is Cc1[nH]n(-c2ccccc2)c(=O)c1/C=N/c1nnc(-c2ccccc2)s1. The quantitative estimate of drug-likeness (QED) is 0.563. The first-order chi connectivity index (χ1) is 12.7. The molecular weight excluding hydrogens is 346 g/mol. The molecule has 0 saturated heterocycles. The highest BCUT2D eigenvalue weighted by Crippen LogP contribution is 2.27. The predicted octanol–water partition coefficient (Wildman–Crippen LogP) is 3.74. The summed E-state index contributed by atoms with van der Waals surface area (Å²) in [4.78, 5) is 17.0. The van der Waals surface area contributed by atoms with Crippen molar-refractivity contribution < 1.29 is 0 Å². The fourth-order valence-corrected chi connectivity index (χ4v) is 3.25. The highest BCUT2D eigenvalue weighted by Gasteiger charge is 2.11. The lowest BCUT2D eigenvalue weighted by Gasteiger charge is -1.99. The van der Waals surface area contributed by atoms with Crippen molar-refractivity contribution in [2.45, 2.75) is 6.92 Å². The third-order valence-corrected chi connectivity index (χ3v) is 4.75. The van der Waals surface area contributed by atoms with E-state index in [-0.39, 0.29) is 5.56 Å². The zero-order chi connectivity index (χ0) is 17.9. The number of para-hydroxylation sites is 1. The van der Waals surface area contributed by atoms with Crippen molar-refractivity contribution in [2.75, 3.05) is 0 Å². The lowest BCUT2D eigenvalue weighted by molar-refractivity contribution is 0.835. The normalized spacial score (nSPS) is 11.3. The zero-order valence-electron chi connectivity index (χ0n) is 14.0. The number of nitrogens with one attached hydrogen (secondary N) is 1. The third kappa shape index (κ3) is 3.12. The van der Waals surface area contributed by atoms with Gasteiger partial charge in [-0.1, -0.05) is 59.9 Å². The van der Waals surface area contributed by atoms with Crippen molar-refractivity contribution in [1.29, 1.82) is 0 Å². The molecule has 0 aliphatic carbocycles. The molecule has 0 saturated carbocycles. The van der Waals surface area contributed by atoms with Gasteiger partial charge in [0, 0.05) is 17.5 Å². The van der Waals surface area contributed by atoms with E-state index < -0.39 is 0 Å². The van der Waals surface area contributed by atoms with Crippen molar-refractivity contribution in [3.8, 4) is 16.3 Å². The second-order valence-corrected chi connectivity index (χ2v) is 6.60. The van der Waals surface area contributed by atoms with Crippen LogP contribution in [0.1, 0.15) is 11.3 Å². The van der Waals surface area contributed by atoms with Crippen LogP contribution in [-0.2, 0) is 0 Å². The fraction of sp³-hybridized carbons (Fsp3) is 0.0526. The molecule has 26 heavy (non-hydrogen) atoms. The van der Waals surface area contributed by atoms with Crippen LogP contribution in [0.3, 0.4) is 0 Å². The average molecular weight is 361 g/mol. The number of aromatic amines is 1. The van der Waals surface area contributed by atoms with Gasteiger partial charge < -0.3 is 0 Å². The average Bonchev–Trinajstić information content (AvgIpc) is 3.26. The number of benzene rings is 2. The first kappa shape index (κ1) is 16.2. The van der Waals surface area contributed by atoms with Gasteiger partial charge >= 0.3 is 0 Å².